The largest absolute Gasteiger partial charge is 0.349 e. The van der Waals surface area contributed by atoms with Crippen LogP contribution in [-0.4, -0.2) is 29.6 Å². The van der Waals surface area contributed by atoms with Crippen molar-refractivity contribution in [3.8, 4) is 0 Å². The summed E-state index contributed by atoms with van der Waals surface area (Å²) in [6, 6.07) is 6.64. The molecule has 0 aliphatic carbocycles. The van der Waals surface area contributed by atoms with Gasteiger partial charge in [-0.2, -0.15) is 0 Å². The maximum Gasteiger partial charge on any atom is 0.322 e. The van der Waals surface area contributed by atoms with E-state index in [1.54, 1.807) is 11.8 Å². The van der Waals surface area contributed by atoms with Crippen molar-refractivity contribution >= 4 is 29.6 Å². The van der Waals surface area contributed by atoms with Gasteiger partial charge in [0.15, 0.2) is 0 Å². The number of fused-ring (bicyclic) bond motifs is 1. The van der Waals surface area contributed by atoms with E-state index in [2.05, 4.69) is 16.0 Å². The van der Waals surface area contributed by atoms with Crippen molar-refractivity contribution in [3.63, 3.8) is 0 Å². The van der Waals surface area contributed by atoms with Crippen LogP contribution in [0.25, 0.3) is 0 Å². The number of imide groups is 1. The van der Waals surface area contributed by atoms with Crippen LogP contribution in [0, 0.1) is 0 Å². The first-order valence-corrected chi connectivity index (χ1v) is 7.74. The smallest absolute Gasteiger partial charge is 0.322 e. The lowest BCUT2D eigenvalue weighted by Crippen LogP contribution is -2.38. The Morgan fingerprint density at radius 1 is 1.33 bits per heavy atom. The summed E-state index contributed by atoms with van der Waals surface area (Å²) in [5.41, 5.74) is 1.11. The van der Waals surface area contributed by atoms with Crippen LogP contribution in [0.15, 0.2) is 29.2 Å². The maximum atomic E-state index is 12.1. The fourth-order valence-corrected chi connectivity index (χ4v) is 3.66. The highest BCUT2D eigenvalue weighted by atomic mass is 32.2. The van der Waals surface area contributed by atoms with Crippen molar-refractivity contribution < 1.29 is 14.4 Å². The lowest BCUT2D eigenvalue weighted by Gasteiger charge is -2.26. The highest BCUT2D eigenvalue weighted by Gasteiger charge is 2.32. The van der Waals surface area contributed by atoms with Gasteiger partial charge < -0.3 is 10.6 Å². The van der Waals surface area contributed by atoms with Crippen LogP contribution in [0.1, 0.15) is 24.4 Å². The van der Waals surface area contributed by atoms with E-state index in [0.717, 1.165) is 17.7 Å². The van der Waals surface area contributed by atoms with E-state index in [1.165, 1.54) is 4.90 Å². The first kappa shape index (κ1) is 13.9. The number of hydrogen-bond acceptors (Lipinski definition) is 4. The van der Waals surface area contributed by atoms with E-state index in [0.29, 0.717) is 0 Å². The van der Waals surface area contributed by atoms with E-state index in [1.807, 2.05) is 24.3 Å². The first-order chi connectivity index (χ1) is 10.1. The van der Waals surface area contributed by atoms with Crippen LogP contribution in [-0.2, 0) is 9.59 Å². The van der Waals surface area contributed by atoms with Gasteiger partial charge >= 0.3 is 6.03 Å². The molecule has 0 saturated carbocycles. The molecule has 3 rings (SSSR count). The molecule has 0 aromatic heterocycles. The summed E-state index contributed by atoms with van der Waals surface area (Å²) in [4.78, 5) is 35.7. The molecule has 6 nitrogen and oxygen atoms in total. The summed E-state index contributed by atoms with van der Waals surface area (Å²) in [5.74, 6) is 0.265. The summed E-state index contributed by atoms with van der Waals surface area (Å²) in [7, 11) is 0. The Hall–Kier alpha value is -2.02. The molecule has 3 N–H and O–H groups in total. The molecule has 0 radical (unpaired) electrons. The number of benzene rings is 1. The van der Waals surface area contributed by atoms with Crippen molar-refractivity contribution in [2.45, 2.75) is 29.8 Å². The molecular weight excluding hydrogens is 290 g/mol. The second-order valence-electron chi connectivity index (χ2n) is 5.01. The van der Waals surface area contributed by atoms with Gasteiger partial charge in [0, 0.05) is 10.6 Å². The van der Waals surface area contributed by atoms with Gasteiger partial charge in [0.2, 0.25) is 5.91 Å². The van der Waals surface area contributed by atoms with Gasteiger partial charge in [0.05, 0.1) is 12.5 Å². The molecule has 2 aliphatic heterocycles. The third kappa shape index (κ3) is 3.02. The molecule has 0 bridgehead atoms. The fraction of sp³-hybridized carbons (Fsp3) is 0.357. The number of rotatable bonds is 3. The molecule has 110 valence electrons. The number of thioether (sulfide) groups is 1. The molecule has 2 aliphatic rings. The molecule has 1 aromatic rings. The highest BCUT2D eigenvalue weighted by Crippen LogP contribution is 2.35. The zero-order valence-electron chi connectivity index (χ0n) is 11.2. The molecule has 7 heteroatoms. The standard InChI is InChI=1S/C14H15N3O3S/c18-12(7-10-13(19)17-14(20)16-10)15-9-5-6-21-11-4-2-1-3-8(9)11/h1-4,9-10H,5-7H2,(H,15,18)(H2,16,17,19,20)/t9-,10-/m0/s1. The zero-order chi connectivity index (χ0) is 14.8. The average molecular weight is 305 g/mol. The molecule has 1 fully saturated rings. The van der Waals surface area contributed by atoms with Gasteiger partial charge in [0.1, 0.15) is 6.04 Å². The van der Waals surface area contributed by atoms with Gasteiger partial charge in [-0.3, -0.25) is 14.9 Å². The number of carbonyl (C=O) groups is 3. The van der Waals surface area contributed by atoms with Crippen LogP contribution >= 0.6 is 11.8 Å². The molecule has 2 atom stereocenters. The topological polar surface area (TPSA) is 87.3 Å². The number of amides is 4. The normalized spacial score (nSPS) is 24.0. The summed E-state index contributed by atoms with van der Waals surface area (Å²) in [6.07, 6.45) is 0.819. The number of urea groups is 1. The minimum absolute atomic E-state index is 0.0323. The third-order valence-corrected chi connectivity index (χ3v) is 4.66. The van der Waals surface area contributed by atoms with Crippen molar-refractivity contribution in [3.05, 3.63) is 29.8 Å². The van der Waals surface area contributed by atoms with Crippen LogP contribution < -0.4 is 16.0 Å². The van der Waals surface area contributed by atoms with Crippen LogP contribution in [0.5, 0.6) is 0 Å². The van der Waals surface area contributed by atoms with Crippen molar-refractivity contribution in [1.82, 2.24) is 16.0 Å². The fourth-order valence-electron chi connectivity index (χ4n) is 2.53. The van der Waals surface area contributed by atoms with Gasteiger partial charge in [-0.15, -0.1) is 11.8 Å². The lowest BCUT2D eigenvalue weighted by molar-refractivity contribution is -0.126. The monoisotopic (exact) mass is 305 g/mol. The minimum atomic E-state index is -0.772. The molecule has 1 saturated heterocycles. The van der Waals surface area contributed by atoms with Gasteiger partial charge in [-0.1, -0.05) is 18.2 Å². The van der Waals surface area contributed by atoms with Gasteiger partial charge in [0.25, 0.3) is 5.91 Å². The molecule has 1 aromatic carbocycles. The summed E-state index contributed by atoms with van der Waals surface area (Å²) in [6.45, 7) is 0. The Labute approximate surface area is 126 Å². The molecule has 2 heterocycles. The lowest BCUT2D eigenvalue weighted by atomic mass is 10.0. The van der Waals surface area contributed by atoms with E-state index in [9.17, 15) is 14.4 Å². The Morgan fingerprint density at radius 3 is 2.90 bits per heavy atom. The summed E-state index contributed by atoms with van der Waals surface area (Å²) >= 11 is 1.78. The predicted molar refractivity (Wildman–Crippen MR) is 77.7 cm³/mol. The quantitative estimate of drug-likeness (QED) is 0.725. The second-order valence-corrected chi connectivity index (χ2v) is 6.15. The predicted octanol–water partition coefficient (Wildman–Crippen LogP) is 0.938. The van der Waals surface area contributed by atoms with Gasteiger partial charge in [-0.25, -0.2) is 4.79 Å². The SMILES string of the molecule is O=C(C[C@@H]1NC(=O)NC1=O)N[C@H]1CCSc2ccccc21. The van der Waals surface area contributed by atoms with E-state index < -0.39 is 18.0 Å². The zero-order valence-corrected chi connectivity index (χ0v) is 12.0. The summed E-state index contributed by atoms with van der Waals surface area (Å²) < 4.78 is 0. The maximum absolute atomic E-state index is 12.1. The average Bonchev–Trinajstić information content (AvgIpc) is 2.77. The van der Waals surface area contributed by atoms with Crippen molar-refractivity contribution in [2.24, 2.45) is 0 Å². The second kappa shape index (κ2) is 5.77. The molecule has 21 heavy (non-hydrogen) atoms. The number of nitrogens with one attached hydrogen (secondary N) is 3. The number of carbonyl (C=O) groups excluding carboxylic acids is 3. The Kier molecular flexibility index (Phi) is 3.83. The first-order valence-electron chi connectivity index (χ1n) is 6.76. The molecular formula is C14H15N3O3S. The Morgan fingerprint density at radius 2 is 2.14 bits per heavy atom. The Bertz CT molecular complexity index is 605. The number of hydrogen-bond donors (Lipinski definition) is 3. The third-order valence-electron chi connectivity index (χ3n) is 3.54. The summed E-state index contributed by atoms with van der Waals surface area (Å²) in [5, 5.41) is 7.50. The molecule has 0 spiro atoms. The van der Waals surface area contributed by atoms with E-state index in [4.69, 9.17) is 0 Å². The minimum Gasteiger partial charge on any atom is -0.349 e. The molecule has 4 amide bonds. The van der Waals surface area contributed by atoms with Crippen LogP contribution in [0.2, 0.25) is 0 Å². The van der Waals surface area contributed by atoms with Crippen molar-refractivity contribution in [1.29, 1.82) is 0 Å². The van der Waals surface area contributed by atoms with Gasteiger partial charge in [-0.05, 0) is 18.1 Å². The van der Waals surface area contributed by atoms with E-state index >= 15 is 0 Å². The van der Waals surface area contributed by atoms with Crippen LogP contribution in [0.4, 0.5) is 4.79 Å². The van der Waals surface area contributed by atoms with Crippen LogP contribution in [0.3, 0.4) is 0 Å². The molecule has 0 unspecified atom stereocenters. The Balaban J connectivity index is 1.63. The van der Waals surface area contributed by atoms with Crippen molar-refractivity contribution in [2.75, 3.05) is 5.75 Å². The highest BCUT2D eigenvalue weighted by molar-refractivity contribution is 7.99. The van der Waals surface area contributed by atoms with E-state index in [-0.39, 0.29) is 18.4 Å².